The number of halogens is 1. The predicted octanol–water partition coefficient (Wildman–Crippen LogP) is 3.97. The third-order valence-corrected chi connectivity index (χ3v) is 3.94. The third kappa shape index (κ3) is 4.57. The summed E-state index contributed by atoms with van der Waals surface area (Å²) in [5, 5.41) is 18.3. The molecule has 9 nitrogen and oxygen atoms in total. The number of non-ortho nitro benzene ring substituents is 1. The van der Waals surface area contributed by atoms with Crippen molar-refractivity contribution in [2.24, 2.45) is 0 Å². The molecular formula is C18H15ClN4O5. The van der Waals surface area contributed by atoms with Gasteiger partial charge in [-0.15, -0.1) is 5.10 Å². The first-order valence-corrected chi connectivity index (χ1v) is 8.35. The van der Waals surface area contributed by atoms with Gasteiger partial charge >= 0.3 is 6.01 Å². The maximum absolute atomic E-state index is 10.7. The van der Waals surface area contributed by atoms with E-state index in [0.29, 0.717) is 16.5 Å². The molecular weight excluding hydrogens is 388 g/mol. The van der Waals surface area contributed by atoms with E-state index in [1.165, 1.54) is 19.2 Å². The van der Waals surface area contributed by atoms with Crippen LogP contribution < -0.4 is 15.2 Å². The first kappa shape index (κ1) is 19.2. The molecule has 0 saturated heterocycles. The lowest BCUT2D eigenvalue weighted by Crippen LogP contribution is -1.99. The fourth-order valence-electron chi connectivity index (χ4n) is 2.33. The van der Waals surface area contributed by atoms with Crippen LogP contribution in [-0.4, -0.2) is 22.2 Å². The minimum Gasteiger partial charge on any atom is -0.493 e. The number of nitrogens with zero attached hydrogens (tertiary/aromatic N) is 3. The van der Waals surface area contributed by atoms with Crippen LogP contribution in [0, 0.1) is 10.1 Å². The van der Waals surface area contributed by atoms with Gasteiger partial charge in [0.1, 0.15) is 6.61 Å². The second-order valence-electron chi connectivity index (χ2n) is 5.56. The largest absolute Gasteiger partial charge is 0.493 e. The minimum absolute atomic E-state index is 0.0125. The highest BCUT2D eigenvalue weighted by Crippen LogP contribution is 2.37. The molecule has 0 spiro atoms. The highest BCUT2D eigenvalue weighted by molar-refractivity contribution is 6.32. The Hall–Kier alpha value is -3.59. The number of hydrogen-bond donors (Lipinski definition) is 1. The number of nitro groups is 1. The lowest BCUT2D eigenvalue weighted by molar-refractivity contribution is -0.384. The first-order valence-electron chi connectivity index (χ1n) is 7.97. The minimum atomic E-state index is -0.459. The summed E-state index contributed by atoms with van der Waals surface area (Å²) in [7, 11) is 1.50. The van der Waals surface area contributed by atoms with Crippen molar-refractivity contribution in [3.63, 3.8) is 0 Å². The van der Waals surface area contributed by atoms with Crippen molar-refractivity contribution < 1.29 is 18.8 Å². The summed E-state index contributed by atoms with van der Waals surface area (Å²) in [6.07, 6.45) is 3.30. The van der Waals surface area contributed by atoms with E-state index in [-0.39, 0.29) is 24.2 Å². The Labute approximate surface area is 164 Å². The Kier molecular flexibility index (Phi) is 5.75. The maximum Gasteiger partial charge on any atom is 0.313 e. The molecule has 0 bridgehead atoms. The number of nitrogens with two attached hydrogens (primary N) is 1. The van der Waals surface area contributed by atoms with Crippen LogP contribution >= 0.6 is 11.6 Å². The second-order valence-corrected chi connectivity index (χ2v) is 5.97. The fraction of sp³-hybridized carbons (Fsp3) is 0.111. The van der Waals surface area contributed by atoms with Gasteiger partial charge in [0.15, 0.2) is 11.5 Å². The number of nitro benzene ring substituents is 1. The Morgan fingerprint density at radius 2 is 2.00 bits per heavy atom. The van der Waals surface area contributed by atoms with Gasteiger partial charge in [0.05, 0.1) is 17.1 Å². The van der Waals surface area contributed by atoms with Gasteiger partial charge in [0, 0.05) is 18.2 Å². The monoisotopic (exact) mass is 402 g/mol. The standard InChI is InChI=1S/C18H15ClN4O5/c1-26-15-9-12(4-7-16-21-22-18(20)28-16)8-14(19)17(15)27-10-11-2-5-13(6-3-11)23(24)25/h2-9H,10H2,1H3,(H2,20,22)/b7-4+. The molecule has 0 saturated carbocycles. The molecule has 0 aliphatic rings. The molecule has 0 fully saturated rings. The smallest absolute Gasteiger partial charge is 0.313 e. The third-order valence-electron chi connectivity index (χ3n) is 3.66. The van der Waals surface area contributed by atoms with Crippen molar-refractivity contribution in [2.45, 2.75) is 6.61 Å². The summed E-state index contributed by atoms with van der Waals surface area (Å²) in [6.45, 7) is 0.171. The van der Waals surface area contributed by atoms with Crippen molar-refractivity contribution in [1.82, 2.24) is 10.2 Å². The highest BCUT2D eigenvalue weighted by atomic mass is 35.5. The zero-order chi connectivity index (χ0) is 20.1. The van der Waals surface area contributed by atoms with Gasteiger partial charge in [-0.05, 0) is 41.5 Å². The topological polar surface area (TPSA) is 127 Å². The van der Waals surface area contributed by atoms with Crippen molar-refractivity contribution in [3.05, 3.63) is 68.6 Å². The Bertz CT molecular complexity index is 1020. The molecule has 28 heavy (non-hydrogen) atoms. The second kappa shape index (κ2) is 8.40. The molecule has 2 aromatic carbocycles. The Morgan fingerprint density at radius 3 is 2.61 bits per heavy atom. The molecule has 0 amide bonds. The number of aromatic nitrogens is 2. The normalized spacial score (nSPS) is 10.9. The van der Waals surface area contributed by atoms with Crippen molar-refractivity contribution in [1.29, 1.82) is 0 Å². The molecule has 0 radical (unpaired) electrons. The molecule has 0 aliphatic heterocycles. The quantitative estimate of drug-likeness (QED) is 0.464. The first-order chi connectivity index (χ1) is 13.5. The van der Waals surface area contributed by atoms with Gasteiger partial charge in [-0.1, -0.05) is 16.7 Å². The van der Waals surface area contributed by atoms with Crippen LogP contribution in [0.15, 0.2) is 40.8 Å². The van der Waals surface area contributed by atoms with E-state index in [9.17, 15) is 10.1 Å². The molecule has 3 rings (SSSR count). The summed E-state index contributed by atoms with van der Waals surface area (Å²) in [5.74, 6) is 1.05. The van der Waals surface area contributed by atoms with Gasteiger partial charge in [-0.25, -0.2) is 0 Å². The SMILES string of the molecule is COc1cc(/C=C/c2nnc(N)o2)cc(Cl)c1OCc1ccc([N+](=O)[O-])cc1. The van der Waals surface area contributed by atoms with Crippen molar-refractivity contribution in [3.8, 4) is 11.5 Å². The van der Waals surface area contributed by atoms with E-state index in [1.54, 1.807) is 36.4 Å². The van der Waals surface area contributed by atoms with Gasteiger partial charge in [-0.2, -0.15) is 0 Å². The maximum atomic E-state index is 10.7. The van der Waals surface area contributed by atoms with Crippen molar-refractivity contribution in [2.75, 3.05) is 12.8 Å². The number of benzene rings is 2. The number of anilines is 1. The zero-order valence-electron chi connectivity index (χ0n) is 14.7. The van der Waals surface area contributed by atoms with E-state index >= 15 is 0 Å². The van der Waals surface area contributed by atoms with Crippen LogP contribution in [-0.2, 0) is 6.61 Å². The van der Waals surface area contributed by atoms with Crippen LogP contribution in [0.1, 0.15) is 17.0 Å². The van der Waals surface area contributed by atoms with Crippen LogP contribution in [0.4, 0.5) is 11.7 Å². The van der Waals surface area contributed by atoms with E-state index < -0.39 is 4.92 Å². The predicted molar refractivity (Wildman–Crippen MR) is 103 cm³/mol. The van der Waals surface area contributed by atoms with E-state index in [1.807, 2.05) is 0 Å². The molecule has 0 aliphatic carbocycles. The lowest BCUT2D eigenvalue weighted by atomic mass is 10.2. The molecule has 10 heteroatoms. The molecule has 1 aromatic heterocycles. The van der Waals surface area contributed by atoms with E-state index in [4.69, 9.17) is 31.2 Å². The number of ether oxygens (including phenoxy) is 2. The highest BCUT2D eigenvalue weighted by Gasteiger charge is 2.12. The summed E-state index contributed by atoms with van der Waals surface area (Å²) < 4.78 is 16.2. The van der Waals surface area contributed by atoms with Crippen LogP contribution in [0.5, 0.6) is 11.5 Å². The molecule has 2 N–H and O–H groups in total. The summed E-state index contributed by atoms with van der Waals surface area (Å²) in [6, 6.07) is 9.45. The van der Waals surface area contributed by atoms with Crippen LogP contribution in [0.25, 0.3) is 12.2 Å². The molecule has 3 aromatic rings. The van der Waals surface area contributed by atoms with Crippen LogP contribution in [0.2, 0.25) is 5.02 Å². The molecule has 0 unspecified atom stereocenters. The number of nitrogen functional groups attached to an aromatic ring is 1. The summed E-state index contributed by atoms with van der Waals surface area (Å²) in [5.41, 5.74) is 6.86. The van der Waals surface area contributed by atoms with Crippen molar-refractivity contribution >= 4 is 35.5 Å². The van der Waals surface area contributed by atoms with Crippen LogP contribution in [0.3, 0.4) is 0 Å². The van der Waals surface area contributed by atoms with E-state index in [2.05, 4.69) is 10.2 Å². The molecule has 1 heterocycles. The van der Waals surface area contributed by atoms with Gasteiger partial charge in [0.25, 0.3) is 5.69 Å². The number of methoxy groups -OCH3 is 1. The Morgan fingerprint density at radius 1 is 1.25 bits per heavy atom. The zero-order valence-corrected chi connectivity index (χ0v) is 15.4. The number of rotatable bonds is 7. The van der Waals surface area contributed by atoms with Gasteiger partial charge in [0.2, 0.25) is 5.89 Å². The molecule has 0 atom stereocenters. The average molecular weight is 403 g/mol. The molecule has 144 valence electrons. The summed E-state index contributed by atoms with van der Waals surface area (Å²) >= 11 is 6.33. The Balaban J connectivity index is 1.75. The van der Waals surface area contributed by atoms with Gasteiger partial charge in [-0.3, -0.25) is 10.1 Å². The average Bonchev–Trinajstić information content (AvgIpc) is 3.10. The van der Waals surface area contributed by atoms with Gasteiger partial charge < -0.3 is 19.6 Å². The lowest BCUT2D eigenvalue weighted by Gasteiger charge is -2.13. The fourth-order valence-corrected chi connectivity index (χ4v) is 2.60. The summed E-state index contributed by atoms with van der Waals surface area (Å²) in [4.78, 5) is 10.3. The van der Waals surface area contributed by atoms with E-state index in [0.717, 1.165) is 11.1 Å². The number of hydrogen-bond acceptors (Lipinski definition) is 8.